The van der Waals surface area contributed by atoms with Crippen LogP contribution in [0.4, 0.5) is 8.78 Å². The summed E-state index contributed by atoms with van der Waals surface area (Å²) in [6.07, 6.45) is 10.5. The van der Waals surface area contributed by atoms with Gasteiger partial charge in [0, 0.05) is 5.56 Å². The van der Waals surface area contributed by atoms with Crippen LogP contribution in [0, 0.1) is 11.6 Å². The van der Waals surface area contributed by atoms with E-state index in [0.717, 1.165) is 25.7 Å². The zero-order valence-electron chi connectivity index (χ0n) is 16.3. The average molecular weight is 372 g/mol. The van der Waals surface area contributed by atoms with Crippen LogP contribution in [-0.2, 0) is 0 Å². The minimum atomic E-state index is -0.889. The average Bonchev–Trinajstić information content (AvgIpc) is 2.72. The number of rotatable bonds is 8. The predicted octanol–water partition coefficient (Wildman–Crippen LogP) is 7.64. The van der Waals surface area contributed by atoms with Gasteiger partial charge in [-0.15, -0.1) is 0 Å². The van der Waals surface area contributed by atoms with Crippen LogP contribution in [0.2, 0.25) is 0 Å². The summed E-state index contributed by atoms with van der Waals surface area (Å²) in [6, 6.07) is 11.1. The highest BCUT2D eigenvalue weighted by atomic mass is 19.2. The lowest BCUT2D eigenvalue weighted by molar-refractivity contribution is 0.285. The number of hydrogen-bond acceptors (Lipinski definition) is 1. The van der Waals surface area contributed by atoms with Crippen LogP contribution in [0.25, 0.3) is 11.1 Å². The molecular weight excluding hydrogens is 342 g/mol. The highest BCUT2D eigenvalue weighted by Crippen LogP contribution is 2.35. The third kappa shape index (κ3) is 5.09. The quantitative estimate of drug-likeness (QED) is 0.433. The maximum Gasteiger partial charge on any atom is 0.201 e. The minimum Gasteiger partial charge on any atom is -0.490 e. The van der Waals surface area contributed by atoms with E-state index in [1.807, 2.05) is 12.1 Å². The minimum absolute atomic E-state index is 0.00609. The number of ether oxygens (including phenoxy) is 1. The molecule has 0 spiro atoms. The maximum absolute atomic E-state index is 14.6. The lowest BCUT2D eigenvalue weighted by Gasteiger charge is -2.22. The molecular formula is C24H30F2O. The van der Waals surface area contributed by atoms with Crippen molar-refractivity contribution in [2.75, 3.05) is 6.61 Å². The van der Waals surface area contributed by atoms with Gasteiger partial charge in [-0.1, -0.05) is 69.7 Å². The van der Waals surface area contributed by atoms with Crippen LogP contribution in [0.15, 0.2) is 36.4 Å². The molecule has 0 radical (unpaired) electrons. The van der Waals surface area contributed by atoms with Crippen LogP contribution in [0.1, 0.15) is 76.2 Å². The van der Waals surface area contributed by atoms with Crippen molar-refractivity contribution in [3.8, 4) is 16.9 Å². The Hall–Kier alpha value is -1.90. The van der Waals surface area contributed by atoms with Crippen molar-refractivity contribution in [2.24, 2.45) is 0 Å². The highest BCUT2D eigenvalue weighted by Gasteiger charge is 2.18. The van der Waals surface area contributed by atoms with Crippen molar-refractivity contribution in [2.45, 2.75) is 70.6 Å². The molecule has 0 amide bonds. The van der Waals surface area contributed by atoms with Gasteiger partial charge in [-0.3, -0.25) is 0 Å². The summed E-state index contributed by atoms with van der Waals surface area (Å²) in [5, 5.41) is 0. The first-order chi connectivity index (χ1) is 13.2. The van der Waals surface area contributed by atoms with E-state index in [2.05, 4.69) is 19.1 Å². The molecule has 0 atom stereocenters. The Morgan fingerprint density at radius 1 is 0.852 bits per heavy atom. The maximum atomic E-state index is 14.6. The van der Waals surface area contributed by atoms with Crippen LogP contribution in [-0.4, -0.2) is 6.61 Å². The third-order valence-electron chi connectivity index (χ3n) is 5.60. The van der Waals surface area contributed by atoms with Crippen LogP contribution in [0.3, 0.4) is 0 Å². The molecule has 0 saturated heterocycles. The number of hydrogen-bond donors (Lipinski definition) is 0. The SMILES string of the molecule is CCCCCCOc1ccc(-c2ccc(C3CCCCC3)cc2)c(F)c1F. The molecule has 0 aliphatic heterocycles. The summed E-state index contributed by atoms with van der Waals surface area (Å²) in [4.78, 5) is 0. The Bertz CT molecular complexity index is 718. The lowest BCUT2D eigenvalue weighted by atomic mass is 9.83. The standard InChI is InChI=1S/C24H30F2O/c1-2-3-4-8-17-27-22-16-15-21(23(25)24(22)26)20-13-11-19(12-14-20)18-9-6-5-7-10-18/h11-16,18H,2-10,17H2,1H3. The van der Waals surface area contributed by atoms with Crippen molar-refractivity contribution in [3.05, 3.63) is 53.6 Å². The molecule has 0 N–H and O–H groups in total. The first kappa shape index (κ1) is 19.9. The van der Waals surface area contributed by atoms with Gasteiger partial charge >= 0.3 is 0 Å². The number of halogens is 2. The molecule has 3 heteroatoms. The summed E-state index contributed by atoms with van der Waals surface area (Å²) in [5.74, 6) is -1.10. The monoisotopic (exact) mass is 372 g/mol. The topological polar surface area (TPSA) is 9.23 Å². The van der Waals surface area contributed by atoms with E-state index in [0.29, 0.717) is 23.7 Å². The Kier molecular flexibility index (Phi) is 7.25. The Balaban J connectivity index is 1.68. The van der Waals surface area contributed by atoms with Gasteiger partial charge in [0.05, 0.1) is 6.61 Å². The highest BCUT2D eigenvalue weighted by molar-refractivity contribution is 5.65. The van der Waals surface area contributed by atoms with E-state index < -0.39 is 11.6 Å². The molecule has 0 bridgehead atoms. The van der Waals surface area contributed by atoms with E-state index in [9.17, 15) is 8.78 Å². The Morgan fingerprint density at radius 2 is 1.59 bits per heavy atom. The fourth-order valence-corrected chi connectivity index (χ4v) is 3.95. The molecule has 1 aliphatic rings. The number of unbranched alkanes of at least 4 members (excludes halogenated alkanes) is 3. The Labute approximate surface area is 161 Å². The largest absolute Gasteiger partial charge is 0.490 e. The second-order valence-electron chi connectivity index (χ2n) is 7.61. The molecule has 3 rings (SSSR count). The molecule has 1 saturated carbocycles. The molecule has 1 fully saturated rings. The van der Waals surface area contributed by atoms with Crippen LogP contribution in [0.5, 0.6) is 5.75 Å². The first-order valence-electron chi connectivity index (χ1n) is 10.4. The van der Waals surface area contributed by atoms with Crippen LogP contribution >= 0.6 is 0 Å². The summed E-state index contributed by atoms with van der Waals surface area (Å²) in [5.41, 5.74) is 2.31. The van der Waals surface area contributed by atoms with E-state index >= 15 is 0 Å². The second kappa shape index (κ2) is 9.87. The zero-order valence-corrected chi connectivity index (χ0v) is 16.3. The fraction of sp³-hybridized carbons (Fsp3) is 0.500. The fourth-order valence-electron chi connectivity index (χ4n) is 3.95. The smallest absolute Gasteiger partial charge is 0.201 e. The third-order valence-corrected chi connectivity index (χ3v) is 5.60. The van der Waals surface area contributed by atoms with E-state index in [-0.39, 0.29) is 5.75 Å². The molecule has 0 aromatic heterocycles. The van der Waals surface area contributed by atoms with Crippen LogP contribution < -0.4 is 4.74 Å². The van der Waals surface area contributed by atoms with Gasteiger partial charge < -0.3 is 4.74 Å². The van der Waals surface area contributed by atoms with Gasteiger partial charge in [0.15, 0.2) is 11.6 Å². The molecule has 1 nitrogen and oxygen atoms in total. The molecule has 1 aliphatic carbocycles. The molecule has 0 heterocycles. The van der Waals surface area contributed by atoms with Crippen molar-refractivity contribution in [3.63, 3.8) is 0 Å². The summed E-state index contributed by atoms with van der Waals surface area (Å²) < 4.78 is 34.4. The molecule has 27 heavy (non-hydrogen) atoms. The first-order valence-corrected chi connectivity index (χ1v) is 10.4. The van der Waals surface area contributed by atoms with Crippen molar-refractivity contribution in [1.29, 1.82) is 0 Å². The van der Waals surface area contributed by atoms with E-state index in [1.165, 1.54) is 37.7 Å². The second-order valence-corrected chi connectivity index (χ2v) is 7.61. The number of benzene rings is 2. The molecule has 0 unspecified atom stereocenters. The molecule has 146 valence electrons. The summed E-state index contributed by atoms with van der Waals surface area (Å²) in [7, 11) is 0. The van der Waals surface area contributed by atoms with Gasteiger partial charge in [-0.2, -0.15) is 4.39 Å². The van der Waals surface area contributed by atoms with Gasteiger partial charge in [0.1, 0.15) is 0 Å². The summed E-state index contributed by atoms with van der Waals surface area (Å²) >= 11 is 0. The zero-order chi connectivity index (χ0) is 19.1. The van der Waals surface area contributed by atoms with Gasteiger partial charge in [0.25, 0.3) is 0 Å². The summed E-state index contributed by atoms with van der Waals surface area (Å²) in [6.45, 7) is 2.56. The predicted molar refractivity (Wildman–Crippen MR) is 107 cm³/mol. The normalized spacial score (nSPS) is 15.1. The van der Waals surface area contributed by atoms with Crippen molar-refractivity contribution in [1.82, 2.24) is 0 Å². The van der Waals surface area contributed by atoms with Gasteiger partial charge in [-0.05, 0) is 48.4 Å². The van der Waals surface area contributed by atoms with Crippen molar-refractivity contribution < 1.29 is 13.5 Å². The van der Waals surface area contributed by atoms with E-state index in [1.54, 1.807) is 12.1 Å². The molecule has 2 aromatic carbocycles. The van der Waals surface area contributed by atoms with Crippen molar-refractivity contribution >= 4 is 0 Å². The van der Waals surface area contributed by atoms with Gasteiger partial charge in [-0.25, -0.2) is 4.39 Å². The molecule has 2 aromatic rings. The van der Waals surface area contributed by atoms with E-state index in [4.69, 9.17) is 4.74 Å². The van der Waals surface area contributed by atoms with Gasteiger partial charge in [0.2, 0.25) is 5.82 Å². The lowest BCUT2D eigenvalue weighted by Crippen LogP contribution is -2.04. The Morgan fingerprint density at radius 3 is 2.30 bits per heavy atom.